The van der Waals surface area contributed by atoms with Gasteiger partial charge in [-0.25, -0.2) is 0 Å². The minimum Gasteiger partial charge on any atom is -0.329 e. The van der Waals surface area contributed by atoms with E-state index in [1.165, 1.54) is 17.5 Å². The molecule has 0 aliphatic carbocycles. The molecule has 1 rings (SSSR count). The lowest BCUT2D eigenvalue weighted by atomic mass is 9.98. The fraction of sp³-hybridized carbons (Fsp3) is 0.667. The standard InChI is InChI=1S/C18H32N2/c1-6-15(4)13-20(5)18(12-19)17-9-7-16(8-10-17)11-14(2)3/h7-10,14-15,18H,6,11-13,19H2,1-5H3. The molecule has 0 aliphatic rings. The van der Waals surface area contributed by atoms with Gasteiger partial charge < -0.3 is 5.73 Å². The average Bonchev–Trinajstić information content (AvgIpc) is 2.40. The molecule has 0 aliphatic heterocycles. The Balaban J connectivity index is 2.74. The van der Waals surface area contributed by atoms with Gasteiger partial charge in [-0.2, -0.15) is 0 Å². The van der Waals surface area contributed by atoms with E-state index in [1.807, 2.05) is 0 Å². The lowest BCUT2D eigenvalue weighted by molar-refractivity contribution is 0.215. The van der Waals surface area contributed by atoms with Crippen molar-refractivity contribution >= 4 is 0 Å². The van der Waals surface area contributed by atoms with Crippen molar-refractivity contribution in [1.29, 1.82) is 0 Å². The number of hydrogen-bond donors (Lipinski definition) is 1. The molecule has 114 valence electrons. The summed E-state index contributed by atoms with van der Waals surface area (Å²) < 4.78 is 0. The van der Waals surface area contributed by atoms with Crippen molar-refractivity contribution in [2.24, 2.45) is 17.6 Å². The molecule has 0 bridgehead atoms. The zero-order valence-corrected chi connectivity index (χ0v) is 13.9. The SMILES string of the molecule is CCC(C)CN(C)C(CN)c1ccc(CC(C)C)cc1. The van der Waals surface area contributed by atoms with Gasteiger partial charge in [0.05, 0.1) is 0 Å². The van der Waals surface area contributed by atoms with Gasteiger partial charge in [0, 0.05) is 19.1 Å². The highest BCUT2D eigenvalue weighted by Crippen LogP contribution is 2.21. The second-order valence-corrected chi connectivity index (χ2v) is 6.54. The van der Waals surface area contributed by atoms with Crippen LogP contribution < -0.4 is 5.73 Å². The van der Waals surface area contributed by atoms with Gasteiger partial charge in [-0.15, -0.1) is 0 Å². The Hall–Kier alpha value is -0.860. The van der Waals surface area contributed by atoms with Crippen LogP contribution in [0.1, 0.15) is 51.3 Å². The molecule has 0 heterocycles. The summed E-state index contributed by atoms with van der Waals surface area (Å²) in [7, 11) is 2.19. The summed E-state index contributed by atoms with van der Waals surface area (Å²) in [5.74, 6) is 1.42. The molecule has 0 saturated carbocycles. The molecule has 2 N–H and O–H groups in total. The first kappa shape index (κ1) is 17.2. The summed E-state index contributed by atoms with van der Waals surface area (Å²) in [4.78, 5) is 2.39. The average molecular weight is 276 g/mol. The van der Waals surface area contributed by atoms with Crippen molar-refractivity contribution in [2.45, 2.75) is 46.6 Å². The third-order valence-corrected chi connectivity index (χ3v) is 4.06. The number of benzene rings is 1. The fourth-order valence-electron chi connectivity index (χ4n) is 2.67. The molecule has 2 atom stereocenters. The van der Waals surface area contributed by atoms with Crippen LogP contribution in [0.3, 0.4) is 0 Å². The molecular formula is C18H32N2. The molecule has 1 aromatic rings. The quantitative estimate of drug-likeness (QED) is 0.781. The monoisotopic (exact) mass is 276 g/mol. The van der Waals surface area contributed by atoms with Gasteiger partial charge >= 0.3 is 0 Å². The first-order valence-electron chi connectivity index (χ1n) is 7.97. The van der Waals surface area contributed by atoms with Crippen molar-refractivity contribution in [1.82, 2.24) is 4.90 Å². The minimum atomic E-state index is 0.331. The van der Waals surface area contributed by atoms with E-state index in [4.69, 9.17) is 5.73 Å². The predicted octanol–water partition coefficient (Wildman–Crippen LogP) is 3.86. The highest BCUT2D eigenvalue weighted by molar-refractivity contribution is 5.25. The lowest BCUT2D eigenvalue weighted by Gasteiger charge is -2.29. The van der Waals surface area contributed by atoms with Crippen molar-refractivity contribution < 1.29 is 0 Å². The van der Waals surface area contributed by atoms with Crippen LogP contribution in [0.4, 0.5) is 0 Å². The minimum absolute atomic E-state index is 0.331. The molecule has 2 heteroatoms. The Morgan fingerprint density at radius 3 is 2.15 bits per heavy atom. The summed E-state index contributed by atoms with van der Waals surface area (Å²) in [5.41, 5.74) is 8.76. The van der Waals surface area contributed by atoms with E-state index in [2.05, 4.69) is 63.9 Å². The molecule has 0 aromatic heterocycles. The maximum absolute atomic E-state index is 6.00. The van der Waals surface area contributed by atoms with E-state index in [0.29, 0.717) is 24.4 Å². The lowest BCUT2D eigenvalue weighted by Crippen LogP contribution is -2.33. The van der Waals surface area contributed by atoms with Crippen LogP contribution in [-0.4, -0.2) is 25.0 Å². The zero-order valence-electron chi connectivity index (χ0n) is 13.9. The second kappa shape index (κ2) is 8.43. The smallest absolute Gasteiger partial charge is 0.0467 e. The van der Waals surface area contributed by atoms with Gasteiger partial charge in [-0.05, 0) is 36.4 Å². The molecule has 2 unspecified atom stereocenters. The highest BCUT2D eigenvalue weighted by atomic mass is 15.1. The molecule has 20 heavy (non-hydrogen) atoms. The van der Waals surface area contributed by atoms with E-state index in [9.17, 15) is 0 Å². The maximum atomic E-state index is 6.00. The summed E-state index contributed by atoms with van der Waals surface area (Å²) in [5, 5.41) is 0. The van der Waals surface area contributed by atoms with Crippen LogP contribution in [0, 0.1) is 11.8 Å². The predicted molar refractivity (Wildman–Crippen MR) is 88.9 cm³/mol. The third-order valence-electron chi connectivity index (χ3n) is 4.06. The topological polar surface area (TPSA) is 29.3 Å². The van der Waals surface area contributed by atoms with Crippen LogP contribution in [0.15, 0.2) is 24.3 Å². The Morgan fingerprint density at radius 2 is 1.70 bits per heavy atom. The number of likely N-dealkylation sites (N-methyl/N-ethyl adjacent to an activating group) is 1. The molecular weight excluding hydrogens is 244 g/mol. The van der Waals surface area contributed by atoms with Gasteiger partial charge in [-0.3, -0.25) is 4.90 Å². The van der Waals surface area contributed by atoms with E-state index < -0.39 is 0 Å². The molecule has 2 nitrogen and oxygen atoms in total. The van der Waals surface area contributed by atoms with Crippen molar-refractivity contribution in [3.63, 3.8) is 0 Å². The van der Waals surface area contributed by atoms with Gasteiger partial charge in [0.2, 0.25) is 0 Å². The molecule has 0 radical (unpaired) electrons. The summed E-state index contributed by atoms with van der Waals surface area (Å²) in [6.07, 6.45) is 2.37. The molecule has 0 fully saturated rings. The summed E-state index contributed by atoms with van der Waals surface area (Å²) in [6, 6.07) is 9.35. The maximum Gasteiger partial charge on any atom is 0.0467 e. The van der Waals surface area contributed by atoms with E-state index in [1.54, 1.807) is 0 Å². The first-order chi connectivity index (χ1) is 9.47. The van der Waals surface area contributed by atoms with Crippen molar-refractivity contribution in [3.05, 3.63) is 35.4 Å². The van der Waals surface area contributed by atoms with E-state index in [-0.39, 0.29) is 0 Å². The highest BCUT2D eigenvalue weighted by Gasteiger charge is 2.16. The van der Waals surface area contributed by atoms with E-state index >= 15 is 0 Å². The van der Waals surface area contributed by atoms with Gasteiger partial charge in [0.25, 0.3) is 0 Å². The van der Waals surface area contributed by atoms with Crippen molar-refractivity contribution in [2.75, 3.05) is 20.1 Å². The van der Waals surface area contributed by atoms with Gasteiger partial charge in [0.15, 0.2) is 0 Å². The van der Waals surface area contributed by atoms with Gasteiger partial charge in [-0.1, -0.05) is 58.4 Å². The number of nitrogens with two attached hydrogens (primary N) is 1. The summed E-state index contributed by atoms with van der Waals surface area (Å²) >= 11 is 0. The molecule has 0 amide bonds. The second-order valence-electron chi connectivity index (χ2n) is 6.54. The Kier molecular flexibility index (Phi) is 7.25. The van der Waals surface area contributed by atoms with E-state index in [0.717, 1.165) is 13.0 Å². The summed E-state index contributed by atoms with van der Waals surface area (Å²) in [6.45, 7) is 10.8. The molecule has 0 spiro atoms. The molecule has 0 saturated heterocycles. The van der Waals surface area contributed by atoms with Crippen molar-refractivity contribution in [3.8, 4) is 0 Å². The Morgan fingerprint density at radius 1 is 1.10 bits per heavy atom. The Bertz CT molecular complexity index is 370. The van der Waals surface area contributed by atoms with Crippen LogP contribution in [0.5, 0.6) is 0 Å². The van der Waals surface area contributed by atoms with Crippen LogP contribution in [-0.2, 0) is 6.42 Å². The zero-order chi connectivity index (χ0) is 15.1. The normalized spacial score (nSPS) is 14.8. The number of hydrogen-bond acceptors (Lipinski definition) is 2. The first-order valence-corrected chi connectivity index (χ1v) is 7.97. The van der Waals surface area contributed by atoms with Crippen LogP contribution in [0.25, 0.3) is 0 Å². The largest absolute Gasteiger partial charge is 0.329 e. The van der Waals surface area contributed by atoms with Gasteiger partial charge in [0.1, 0.15) is 0 Å². The third kappa shape index (κ3) is 5.26. The van der Waals surface area contributed by atoms with Crippen LogP contribution >= 0.6 is 0 Å². The molecule has 1 aromatic carbocycles. The number of rotatable bonds is 8. The fourth-order valence-corrected chi connectivity index (χ4v) is 2.67. The van der Waals surface area contributed by atoms with Crippen LogP contribution in [0.2, 0.25) is 0 Å². The Labute approximate surface area is 125 Å². The number of nitrogens with zero attached hydrogens (tertiary/aromatic N) is 1.